The molecular weight excluding hydrogens is 435 g/mol. The van der Waals surface area contributed by atoms with E-state index in [1.165, 1.54) is 6.07 Å². The highest BCUT2D eigenvalue weighted by Gasteiger charge is 2.21. The van der Waals surface area contributed by atoms with E-state index in [1.54, 1.807) is 48.2 Å². The number of aryl methyl sites for hydroxylation is 1. The van der Waals surface area contributed by atoms with Crippen molar-refractivity contribution in [3.8, 4) is 16.9 Å². The van der Waals surface area contributed by atoms with Crippen LogP contribution in [0.15, 0.2) is 35.4 Å². The highest BCUT2D eigenvalue weighted by Crippen LogP contribution is 2.37. The van der Waals surface area contributed by atoms with Gasteiger partial charge in [0.15, 0.2) is 5.84 Å². The van der Waals surface area contributed by atoms with E-state index in [-0.39, 0.29) is 12.5 Å². The summed E-state index contributed by atoms with van der Waals surface area (Å²) >= 11 is 6.35. The number of likely N-dealkylation sites (N-methyl/N-ethyl adjacent to an activating group) is 1. The molecule has 1 aliphatic rings. The van der Waals surface area contributed by atoms with Gasteiger partial charge in [-0.25, -0.2) is 9.82 Å². The molecule has 3 rings (SSSR count). The number of likely N-dealkylation sites (tertiary alicyclic amines) is 1. The van der Waals surface area contributed by atoms with E-state index in [0.29, 0.717) is 53.7 Å². The van der Waals surface area contributed by atoms with E-state index < -0.39 is 5.82 Å². The molecule has 0 atom stereocenters. The smallest absolute Gasteiger partial charge is 0.227 e. The minimum Gasteiger partial charge on any atom is -0.485 e. The molecule has 2 amide bonds. The maximum Gasteiger partial charge on any atom is 0.227 e. The van der Waals surface area contributed by atoms with Gasteiger partial charge in [0.1, 0.15) is 18.2 Å². The zero-order chi connectivity index (χ0) is 23.3. The molecule has 0 aliphatic carbocycles. The van der Waals surface area contributed by atoms with Crippen molar-refractivity contribution in [2.45, 2.75) is 26.3 Å². The minimum absolute atomic E-state index is 0.0471. The van der Waals surface area contributed by atoms with Crippen LogP contribution in [0.3, 0.4) is 0 Å². The fourth-order valence-corrected chi connectivity index (χ4v) is 3.62. The van der Waals surface area contributed by atoms with E-state index in [4.69, 9.17) is 16.3 Å². The number of hydrogen-bond acceptors (Lipinski definition) is 4. The Morgan fingerprint density at radius 1 is 1.31 bits per heavy atom. The first-order valence-electron chi connectivity index (χ1n) is 10.2. The fraction of sp³-hybridized carbons (Fsp3) is 0.348. The van der Waals surface area contributed by atoms with Gasteiger partial charge in [0.2, 0.25) is 12.3 Å². The first-order chi connectivity index (χ1) is 15.3. The van der Waals surface area contributed by atoms with Gasteiger partial charge in [-0.15, -0.1) is 0 Å². The van der Waals surface area contributed by atoms with Crippen molar-refractivity contribution in [3.63, 3.8) is 0 Å². The average molecular weight is 461 g/mol. The van der Waals surface area contributed by atoms with Crippen LogP contribution in [-0.2, 0) is 16.1 Å². The minimum atomic E-state index is -0.421. The number of rotatable bonds is 8. The van der Waals surface area contributed by atoms with Crippen LogP contribution >= 0.6 is 11.6 Å². The Hall–Kier alpha value is -3.13. The van der Waals surface area contributed by atoms with Crippen LogP contribution in [0.4, 0.5) is 4.39 Å². The largest absolute Gasteiger partial charge is 0.485 e. The zero-order valence-corrected chi connectivity index (χ0v) is 19.1. The Kier molecular flexibility index (Phi) is 7.69. The molecule has 0 saturated carbocycles. The topological polar surface area (TPSA) is 74.2 Å². The van der Waals surface area contributed by atoms with Gasteiger partial charge in [0, 0.05) is 49.8 Å². The summed E-state index contributed by atoms with van der Waals surface area (Å²) in [6.45, 7) is 3.01. The number of carbonyl (C=O) groups excluding carboxylic acids is 2. The van der Waals surface area contributed by atoms with Gasteiger partial charge in [-0.05, 0) is 48.7 Å². The molecule has 1 fully saturated rings. The molecule has 9 heteroatoms. The summed E-state index contributed by atoms with van der Waals surface area (Å²) in [6.07, 6.45) is 1.86. The normalized spacial score (nSPS) is 14.0. The number of nitrogens with one attached hydrogen (secondary N) is 1. The lowest BCUT2D eigenvalue weighted by atomic mass is 9.99. The molecule has 32 heavy (non-hydrogen) atoms. The van der Waals surface area contributed by atoms with Gasteiger partial charge in [-0.1, -0.05) is 17.7 Å². The maximum atomic E-state index is 14.9. The van der Waals surface area contributed by atoms with Crippen molar-refractivity contribution in [1.82, 2.24) is 15.2 Å². The molecule has 0 bridgehead atoms. The molecule has 1 heterocycles. The molecule has 0 aromatic heterocycles. The molecule has 0 unspecified atom stereocenters. The third-order valence-electron chi connectivity index (χ3n) is 5.25. The molecule has 7 nitrogen and oxygen atoms in total. The third kappa shape index (κ3) is 5.56. The SMILES string of the molecule is Cc1cc(OC/C(=N/NC=O)N(C)C)c(-c2cc(CN3CCCC3=O)ccc2F)cc1Cl. The predicted octanol–water partition coefficient (Wildman–Crippen LogP) is 3.58. The summed E-state index contributed by atoms with van der Waals surface area (Å²) in [4.78, 5) is 26.0. The molecule has 0 radical (unpaired) electrons. The standard InChI is InChI=1S/C23H26ClFN4O3/c1-15-9-21(32-13-22(28(2)3)27-26-14-30)18(11-19(15)24)17-10-16(6-7-20(17)25)12-29-8-4-5-23(29)31/h6-7,9-11,14H,4-5,8,12-13H2,1-3H3,(H,26,30)/b27-22-. The zero-order valence-electron chi connectivity index (χ0n) is 18.3. The molecular formula is C23H26ClFN4O3. The number of carbonyl (C=O) groups is 2. The lowest BCUT2D eigenvalue weighted by Gasteiger charge is -2.19. The van der Waals surface area contributed by atoms with Crippen molar-refractivity contribution in [2.24, 2.45) is 5.10 Å². The highest BCUT2D eigenvalue weighted by atomic mass is 35.5. The van der Waals surface area contributed by atoms with Crippen LogP contribution in [0.5, 0.6) is 5.75 Å². The number of halogens is 2. The summed E-state index contributed by atoms with van der Waals surface area (Å²) in [5, 5.41) is 4.44. The first kappa shape index (κ1) is 23.5. The van der Waals surface area contributed by atoms with Crippen LogP contribution in [0.1, 0.15) is 24.0 Å². The van der Waals surface area contributed by atoms with Crippen LogP contribution in [0.25, 0.3) is 11.1 Å². The fourth-order valence-electron chi connectivity index (χ4n) is 3.46. The van der Waals surface area contributed by atoms with Gasteiger partial charge in [0.05, 0.1) is 0 Å². The van der Waals surface area contributed by atoms with Gasteiger partial charge in [0.25, 0.3) is 0 Å². The van der Waals surface area contributed by atoms with Crippen molar-refractivity contribution in [3.05, 3.63) is 52.3 Å². The molecule has 2 aromatic rings. The second-order valence-electron chi connectivity index (χ2n) is 7.79. The monoisotopic (exact) mass is 460 g/mol. The molecule has 2 aromatic carbocycles. The summed E-state index contributed by atoms with van der Waals surface area (Å²) in [5.74, 6) is 0.589. The number of amidine groups is 1. The van der Waals surface area contributed by atoms with E-state index >= 15 is 0 Å². The molecule has 0 spiro atoms. The van der Waals surface area contributed by atoms with Crippen LogP contribution in [0, 0.1) is 12.7 Å². The third-order valence-corrected chi connectivity index (χ3v) is 5.65. The summed E-state index contributed by atoms with van der Waals surface area (Å²) in [7, 11) is 3.54. The Balaban J connectivity index is 1.94. The van der Waals surface area contributed by atoms with E-state index in [0.717, 1.165) is 17.5 Å². The lowest BCUT2D eigenvalue weighted by molar-refractivity contribution is -0.128. The number of benzene rings is 2. The summed E-state index contributed by atoms with van der Waals surface area (Å²) in [5.41, 5.74) is 4.69. The van der Waals surface area contributed by atoms with Crippen molar-refractivity contribution in [2.75, 3.05) is 27.2 Å². The second-order valence-corrected chi connectivity index (χ2v) is 8.20. The number of nitrogens with zero attached hydrogens (tertiary/aromatic N) is 3. The number of amides is 2. The lowest BCUT2D eigenvalue weighted by Crippen LogP contribution is -2.30. The van der Waals surface area contributed by atoms with Crippen molar-refractivity contribution in [1.29, 1.82) is 0 Å². The van der Waals surface area contributed by atoms with E-state index in [2.05, 4.69) is 10.5 Å². The maximum absolute atomic E-state index is 14.9. The molecule has 1 aliphatic heterocycles. The Morgan fingerprint density at radius 2 is 2.09 bits per heavy atom. The molecule has 170 valence electrons. The quantitative estimate of drug-likeness (QED) is 0.283. The van der Waals surface area contributed by atoms with Crippen molar-refractivity contribution < 1.29 is 18.7 Å². The summed E-state index contributed by atoms with van der Waals surface area (Å²) < 4.78 is 20.9. The Labute approximate surface area is 191 Å². The van der Waals surface area contributed by atoms with Crippen LogP contribution in [-0.4, -0.2) is 55.2 Å². The van der Waals surface area contributed by atoms with Crippen molar-refractivity contribution >= 4 is 29.8 Å². The van der Waals surface area contributed by atoms with Crippen LogP contribution in [0.2, 0.25) is 5.02 Å². The Bertz CT molecular complexity index is 1040. The highest BCUT2D eigenvalue weighted by molar-refractivity contribution is 6.31. The van der Waals surface area contributed by atoms with Crippen LogP contribution < -0.4 is 10.2 Å². The average Bonchev–Trinajstić information content (AvgIpc) is 3.16. The van der Waals surface area contributed by atoms with Gasteiger partial charge >= 0.3 is 0 Å². The molecule has 1 N–H and O–H groups in total. The van der Waals surface area contributed by atoms with Gasteiger partial charge < -0.3 is 14.5 Å². The number of ether oxygens (including phenoxy) is 1. The predicted molar refractivity (Wildman–Crippen MR) is 122 cm³/mol. The van der Waals surface area contributed by atoms with E-state index in [1.807, 2.05) is 6.92 Å². The summed E-state index contributed by atoms with van der Waals surface area (Å²) in [6, 6.07) is 8.22. The number of hydrazone groups is 1. The second kappa shape index (κ2) is 10.5. The van der Waals surface area contributed by atoms with Gasteiger partial charge in [-0.2, -0.15) is 5.10 Å². The van der Waals surface area contributed by atoms with Gasteiger partial charge in [-0.3, -0.25) is 9.59 Å². The first-order valence-corrected chi connectivity index (χ1v) is 10.6. The number of hydrogen-bond donors (Lipinski definition) is 1. The van der Waals surface area contributed by atoms with E-state index in [9.17, 15) is 14.0 Å². The molecule has 1 saturated heterocycles. The Morgan fingerprint density at radius 3 is 2.75 bits per heavy atom.